The molecule has 1 heterocycles. The Bertz CT molecular complexity index is 393. The van der Waals surface area contributed by atoms with Crippen LogP contribution in [0.25, 0.3) is 0 Å². The predicted octanol–water partition coefficient (Wildman–Crippen LogP) is 2.56. The molecule has 0 aliphatic carbocycles. The van der Waals surface area contributed by atoms with Crippen molar-refractivity contribution in [2.45, 2.75) is 52.0 Å². The van der Waals surface area contributed by atoms with Crippen LogP contribution in [0.15, 0.2) is 18.5 Å². The quantitative estimate of drug-likeness (QED) is 0.673. The SMILES string of the molecule is CCCCC(NCCCc1cnccc1C)C(=O)O. The first-order valence-electron chi connectivity index (χ1n) is 7.00. The van der Waals surface area contributed by atoms with Gasteiger partial charge in [-0.1, -0.05) is 19.8 Å². The highest BCUT2D eigenvalue weighted by Crippen LogP contribution is 2.07. The number of nitrogens with one attached hydrogen (secondary N) is 1. The van der Waals surface area contributed by atoms with Gasteiger partial charge in [-0.25, -0.2) is 0 Å². The molecule has 19 heavy (non-hydrogen) atoms. The average molecular weight is 264 g/mol. The predicted molar refractivity (Wildman–Crippen MR) is 76.2 cm³/mol. The minimum Gasteiger partial charge on any atom is -0.480 e. The van der Waals surface area contributed by atoms with Crippen molar-refractivity contribution in [3.8, 4) is 0 Å². The van der Waals surface area contributed by atoms with E-state index in [2.05, 4.69) is 24.1 Å². The van der Waals surface area contributed by atoms with E-state index in [9.17, 15) is 4.79 Å². The molecule has 1 aromatic rings. The van der Waals surface area contributed by atoms with Crippen LogP contribution in [0.3, 0.4) is 0 Å². The fourth-order valence-corrected chi connectivity index (χ4v) is 2.03. The lowest BCUT2D eigenvalue weighted by atomic mass is 10.1. The summed E-state index contributed by atoms with van der Waals surface area (Å²) in [5.74, 6) is -0.744. The van der Waals surface area contributed by atoms with Gasteiger partial charge in [0, 0.05) is 12.4 Å². The molecule has 1 rings (SSSR count). The number of aryl methyl sites for hydroxylation is 2. The molecular weight excluding hydrogens is 240 g/mol. The third-order valence-electron chi connectivity index (χ3n) is 3.31. The number of aliphatic carboxylic acids is 1. The first kappa shape index (κ1) is 15.6. The Labute approximate surface area is 115 Å². The van der Waals surface area contributed by atoms with Gasteiger partial charge >= 0.3 is 5.97 Å². The third-order valence-corrected chi connectivity index (χ3v) is 3.31. The lowest BCUT2D eigenvalue weighted by Crippen LogP contribution is -2.37. The van der Waals surface area contributed by atoms with Crippen LogP contribution in [-0.4, -0.2) is 28.6 Å². The van der Waals surface area contributed by atoms with Crippen molar-refractivity contribution in [2.24, 2.45) is 0 Å². The maximum absolute atomic E-state index is 11.1. The molecule has 0 aliphatic heterocycles. The molecular formula is C15H24N2O2. The number of unbranched alkanes of at least 4 members (excludes halogenated alkanes) is 1. The lowest BCUT2D eigenvalue weighted by molar-refractivity contribution is -0.139. The smallest absolute Gasteiger partial charge is 0.320 e. The highest BCUT2D eigenvalue weighted by Gasteiger charge is 2.15. The summed E-state index contributed by atoms with van der Waals surface area (Å²) in [6.07, 6.45) is 8.24. The number of carboxylic acid groups (broad SMARTS) is 1. The zero-order chi connectivity index (χ0) is 14.1. The molecule has 4 nitrogen and oxygen atoms in total. The van der Waals surface area contributed by atoms with Crippen molar-refractivity contribution in [3.05, 3.63) is 29.6 Å². The third kappa shape index (κ3) is 5.83. The zero-order valence-electron chi connectivity index (χ0n) is 11.9. The molecule has 0 saturated heterocycles. The number of nitrogens with zero attached hydrogens (tertiary/aromatic N) is 1. The summed E-state index contributed by atoms with van der Waals surface area (Å²) in [5, 5.41) is 12.2. The maximum Gasteiger partial charge on any atom is 0.320 e. The normalized spacial score (nSPS) is 12.3. The molecule has 0 radical (unpaired) electrons. The monoisotopic (exact) mass is 264 g/mol. The van der Waals surface area contributed by atoms with Crippen LogP contribution < -0.4 is 5.32 Å². The standard InChI is InChI=1S/C15H24N2O2/c1-3-4-7-14(15(18)19)17-9-5-6-13-11-16-10-8-12(13)2/h8,10-11,14,17H,3-7,9H2,1-2H3,(H,18,19). The van der Waals surface area contributed by atoms with Gasteiger partial charge in [0.2, 0.25) is 0 Å². The van der Waals surface area contributed by atoms with E-state index < -0.39 is 12.0 Å². The first-order valence-corrected chi connectivity index (χ1v) is 7.00. The number of hydrogen-bond donors (Lipinski definition) is 2. The van der Waals surface area contributed by atoms with Crippen molar-refractivity contribution in [2.75, 3.05) is 6.54 Å². The molecule has 0 amide bonds. The molecule has 0 spiro atoms. The Morgan fingerprint density at radius 1 is 1.47 bits per heavy atom. The number of pyridine rings is 1. The largest absolute Gasteiger partial charge is 0.480 e. The van der Waals surface area contributed by atoms with Gasteiger partial charge in [0.15, 0.2) is 0 Å². The summed E-state index contributed by atoms with van der Waals surface area (Å²) in [6.45, 7) is 4.88. The first-order chi connectivity index (χ1) is 9.15. The van der Waals surface area contributed by atoms with Crippen LogP contribution in [0.5, 0.6) is 0 Å². The molecule has 106 valence electrons. The van der Waals surface area contributed by atoms with Crippen molar-refractivity contribution >= 4 is 5.97 Å². The lowest BCUT2D eigenvalue weighted by Gasteiger charge is -2.14. The summed E-state index contributed by atoms with van der Waals surface area (Å²) in [5.41, 5.74) is 2.49. The molecule has 1 atom stereocenters. The molecule has 0 bridgehead atoms. The van der Waals surface area contributed by atoms with Gasteiger partial charge in [-0.15, -0.1) is 0 Å². The molecule has 1 unspecified atom stereocenters. The van der Waals surface area contributed by atoms with E-state index in [0.717, 1.165) is 32.2 Å². The molecule has 0 aromatic carbocycles. The van der Waals surface area contributed by atoms with Gasteiger partial charge in [-0.05, 0) is 49.9 Å². The molecule has 0 aliphatic rings. The summed E-state index contributed by atoms with van der Waals surface area (Å²) < 4.78 is 0. The van der Waals surface area contributed by atoms with Crippen molar-refractivity contribution in [3.63, 3.8) is 0 Å². The van der Waals surface area contributed by atoms with Crippen molar-refractivity contribution < 1.29 is 9.90 Å². The fraction of sp³-hybridized carbons (Fsp3) is 0.600. The average Bonchev–Trinajstić information content (AvgIpc) is 2.39. The van der Waals surface area contributed by atoms with E-state index in [1.165, 1.54) is 11.1 Å². The maximum atomic E-state index is 11.1. The molecule has 1 aromatic heterocycles. The van der Waals surface area contributed by atoms with Gasteiger partial charge in [-0.2, -0.15) is 0 Å². The minimum absolute atomic E-state index is 0.407. The highest BCUT2D eigenvalue weighted by atomic mass is 16.4. The van der Waals surface area contributed by atoms with Gasteiger partial charge in [-0.3, -0.25) is 9.78 Å². The number of aromatic nitrogens is 1. The van der Waals surface area contributed by atoms with E-state index >= 15 is 0 Å². The van der Waals surface area contributed by atoms with Gasteiger partial charge < -0.3 is 10.4 Å². The molecule has 0 fully saturated rings. The van der Waals surface area contributed by atoms with Crippen LogP contribution in [0.2, 0.25) is 0 Å². The number of carbonyl (C=O) groups is 1. The topological polar surface area (TPSA) is 62.2 Å². The van der Waals surface area contributed by atoms with Gasteiger partial charge in [0.25, 0.3) is 0 Å². The fourth-order valence-electron chi connectivity index (χ4n) is 2.03. The summed E-state index contributed by atoms with van der Waals surface area (Å²) in [6, 6.07) is 1.60. The summed E-state index contributed by atoms with van der Waals surface area (Å²) in [4.78, 5) is 15.2. The van der Waals surface area contributed by atoms with E-state index in [-0.39, 0.29) is 0 Å². The van der Waals surface area contributed by atoms with Crippen molar-refractivity contribution in [1.29, 1.82) is 0 Å². The molecule has 4 heteroatoms. The van der Waals surface area contributed by atoms with Crippen LogP contribution in [0.1, 0.15) is 43.7 Å². The Morgan fingerprint density at radius 3 is 2.89 bits per heavy atom. The van der Waals surface area contributed by atoms with Crippen LogP contribution in [0, 0.1) is 6.92 Å². The van der Waals surface area contributed by atoms with E-state index in [4.69, 9.17) is 5.11 Å². The Morgan fingerprint density at radius 2 is 2.26 bits per heavy atom. The number of hydrogen-bond acceptors (Lipinski definition) is 3. The number of rotatable bonds is 9. The van der Waals surface area contributed by atoms with Crippen LogP contribution >= 0.6 is 0 Å². The second-order valence-corrected chi connectivity index (χ2v) is 4.89. The van der Waals surface area contributed by atoms with E-state index in [1.807, 2.05) is 12.3 Å². The second-order valence-electron chi connectivity index (χ2n) is 4.89. The highest BCUT2D eigenvalue weighted by molar-refractivity contribution is 5.73. The zero-order valence-corrected chi connectivity index (χ0v) is 11.9. The Balaban J connectivity index is 2.29. The Hall–Kier alpha value is -1.42. The summed E-state index contributed by atoms with van der Waals surface area (Å²) in [7, 11) is 0. The second kappa shape index (κ2) is 8.64. The van der Waals surface area contributed by atoms with E-state index in [1.54, 1.807) is 6.20 Å². The van der Waals surface area contributed by atoms with Crippen LogP contribution in [0.4, 0.5) is 0 Å². The number of carboxylic acids is 1. The van der Waals surface area contributed by atoms with Gasteiger partial charge in [0.1, 0.15) is 6.04 Å². The minimum atomic E-state index is -0.744. The van der Waals surface area contributed by atoms with Gasteiger partial charge in [0.05, 0.1) is 0 Å². The molecule has 0 saturated carbocycles. The van der Waals surface area contributed by atoms with Crippen LogP contribution in [-0.2, 0) is 11.2 Å². The Kier molecular flexibility index (Phi) is 7.11. The summed E-state index contributed by atoms with van der Waals surface area (Å²) >= 11 is 0. The van der Waals surface area contributed by atoms with E-state index in [0.29, 0.717) is 6.42 Å². The molecule has 2 N–H and O–H groups in total. The van der Waals surface area contributed by atoms with Crippen molar-refractivity contribution in [1.82, 2.24) is 10.3 Å².